The summed E-state index contributed by atoms with van der Waals surface area (Å²) in [6.45, 7) is 0. The quantitative estimate of drug-likeness (QED) is 0.716. The first-order chi connectivity index (χ1) is 8.38. The Hall–Kier alpha value is -0.0400. The molecule has 2 aliphatic carbocycles. The average Bonchev–Trinajstić information content (AvgIpc) is 2.89. The van der Waals surface area contributed by atoms with E-state index in [-0.39, 0.29) is 0 Å². The molecule has 0 aromatic rings. The predicted octanol–water partition coefficient (Wildman–Crippen LogP) is 4.52. The minimum absolute atomic E-state index is 0.804. The van der Waals surface area contributed by atoms with E-state index in [2.05, 4.69) is 12.4 Å². The molecule has 1 heteroatoms. The molecule has 17 heavy (non-hydrogen) atoms. The molecule has 0 aromatic heterocycles. The van der Waals surface area contributed by atoms with Gasteiger partial charge in [0, 0.05) is 6.04 Å². The first kappa shape index (κ1) is 13.4. The van der Waals surface area contributed by atoms with E-state index in [0.29, 0.717) is 0 Å². The molecular weight excluding hydrogens is 206 g/mol. The zero-order valence-electron chi connectivity index (χ0n) is 11.7. The summed E-state index contributed by atoms with van der Waals surface area (Å²) in [5, 5.41) is 3.57. The average molecular weight is 237 g/mol. The van der Waals surface area contributed by atoms with Crippen LogP contribution in [-0.4, -0.2) is 13.1 Å². The molecule has 0 aliphatic heterocycles. The Balaban J connectivity index is 1.64. The molecule has 2 fully saturated rings. The van der Waals surface area contributed by atoms with Crippen molar-refractivity contribution >= 4 is 0 Å². The molecule has 2 rings (SSSR count). The standard InChI is InChI=1S/C16H31N/c1-17-16(12-11-14-7-5-6-8-14)13-15-9-3-2-4-10-15/h14-17H,2-13H2,1H3. The van der Waals surface area contributed by atoms with Gasteiger partial charge in [0.05, 0.1) is 0 Å². The van der Waals surface area contributed by atoms with Crippen molar-refractivity contribution < 1.29 is 0 Å². The normalized spacial score (nSPS) is 25.2. The molecule has 0 radical (unpaired) electrons. The van der Waals surface area contributed by atoms with Gasteiger partial charge < -0.3 is 5.32 Å². The van der Waals surface area contributed by atoms with Crippen molar-refractivity contribution in [3.63, 3.8) is 0 Å². The van der Waals surface area contributed by atoms with Gasteiger partial charge in [0.15, 0.2) is 0 Å². The van der Waals surface area contributed by atoms with Crippen LogP contribution in [0.4, 0.5) is 0 Å². The summed E-state index contributed by atoms with van der Waals surface area (Å²) in [5.74, 6) is 2.10. The zero-order chi connectivity index (χ0) is 11.9. The van der Waals surface area contributed by atoms with Gasteiger partial charge in [-0.05, 0) is 38.1 Å². The molecule has 2 aliphatic rings. The monoisotopic (exact) mass is 237 g/mol. The molecule has 0 heterocycles. The second-order valence-electron chi connectivity index (χ2n) is 6.45. The fourth-order valence-electron chi connectivity index (χ4n) is 3.94. The van der Waals surface area contributed by atoms with Gasteiger partial charge in [-0.25, -0.2) is 0 Å². The molecule has 1 N–H and O–H groups in total. The van der Waals surface area contributed by atoms with Crippen LogP contribution in [-0.2, 0) is 0 Å². The van der Waals surface area contributed by atoms with Crippen molar-refractivity contribution in [3.05, 3.63) is 0 Å². The van der Waals surface area contributed by atoms with Crippen molar-refractivity contribution in [1.29, 1.82) is 0 Å². The molecule has 1 atom stereocenters. The van der Waals surface area contributed by atoms with E-state index < -0.39 is 0 Å². The van der Waals surface area contributed by atoms with Gasteiger partial charge in [-0.15, -0.1) is 0 Å². The van der Waals surface area contributed by atoms with Crippen molar-refractivity contribution in [1.82, 2.24) is 5.32 Å². The molecule has 0 amide bonds. The van der Waals surface area contributed by atoms with E-state index in [4.69, 9.17) is 0 Å². The predicted molar refractivity (Wildman–Crippen MR) is 75.2 cm³/mol. The maximum Gasteiger partial charge on any atom is 0.00668 e. The summed E-state index contributed by atoms with van der Waals surface area (Å²) >= 11 is 0. The Bertz CT molecular complexity index is 190. The summed E-state index contributed by atoms with van der Waals surface area (Å²) in [7, 11) is 2.17. The highest BCUT2D eigenvalue weighted by molar-refractivity contribution is 4.76. The first-order valence-electron chi connectivity index (χ1n) is 8.05. The Morgan fingerprint density at radius 2 is 1.47 bits per heavy atom. The van der Waals surface area contributed by atoms with E-state index in [1.807, 2.05) is 0 Å². The van der Waals surface area contributed by atoms with E-state index >= 15 is 0 Å². The highest BCUT2D eigenvalue weighted by atomic mass is 14.9. The van der Waals surface area contributed by atoms with Crippen molar-refractivity contribution in [2.45, 2.75) is 83.1 Å². The third-order valence-electron chi connectivity index (χ3n) is 5.15. The lowest BCUT2D eigenvalue weighted by Gasteiger charge is -2.27. The second kappa shape index (κ2) is 7.41. The van der Waals surface area contributed by atoms with Crippen LogP contribution in [0.2, 0.25) is 0 Å². The zero-order valence-corrected chi connectivity index (χ0v) is 11.7. The van der Waals surface area contributed by atoms with Gasteiger partial charge in [0.2, 0.25) is 0 Å². The maximum absolute atomic E-state index is 3.57. The molecule has 2 saturated carbocycles. The molecule has 0 bridgehead atoms. The number of rotatable bonds is 6. The fourth-order valence-corrected chi connectivity index (χ4v) is 3.94. The first-order valence-corrected chi connectivity index (χ1v) is 8.05. The van der Waals surface area contributed by atoms with E-state index in [0.717, 1.165) is 17.9 Å². The van der Waals surface area contributed by atoms with Gasteiger partial charge in [-0.2, -0.15) is 0 Å². The SMILES string of the molecule is CNC(CCC1CCCC1)CC1CCCCC1. The van der Waals surface area contributed by atoms with Crippen LogP contribution in [0.3, 0.4) is 0 Å². The largest absolute Gasteiger partial charge is 0.317 e. The summed E-state index contributed by atoms with van der Waals surface area (Å²) in [5.41, 5.74) is 0. The minimum Gasteiger partial charge on any atom is -0.317 e. The third-order valence-corrected chi connectivity index (χ3v) is 5.15. The highest BCUT2D eigenvalue weighted by Gasteiger charge is 2.20. The van der Waals surface area contributed by atoms with Crippen LogP contribution in [0, 0.1) is 11.8 Å². The summed E-state index contributed by atoms with van der Waals surface area (Å²) in [4.78, 5) is 0. The Morgan fingerprint density at radius 1 is 0.882 bits per heavy atom. The van der Waals surface area contributed by atoms with Crippen LogP contribution in [0.5, 0.6) is 0 Å². The van der Waals surface area contributed by atoms with Crippen LogP contribution < -0.4 is 5.32 Å². The molecule has 0 saturated heterocycles. The van der Waals surface area contributed by atoms with Crippen LogP contribution in [0.1, 0.15) is 77.0 Å². The molecular formula is C16H31N. The minimum atomic E-state index is 0.804. The van der Waals surface area contributed by atoms with Crippen LogP contribution >= 0.6 is 0 Å². The summed E-state index contributed by atoms with van der Waals surface area (Å²) < 4.78 is 0. The molecule has 1 unspecified atom stereocenters. The lowest BCUT2D eigenvalue weighted by molar-refractivity contribution is 0.287. The smallest absolute Gasteiger partial charge is 0.00668 e. The molecule has 100 valence electrons. The number of hydrogen-bond acceptors (Lipinski definition) is 1. The topological polar surface area (TPSA) is 12.0 Å². The van der Waals surface area contributed by atoms with Gasteiger partial charge in [-0.3, -0.25) is 0 Å². The molecule has 0 spiro atoms. The van der Waals surface area contributed by atoms with E-state index in [1.54, 1.807) is 0 Å². The van der Waals surface area contributed by atoms with Crippen molar-refractivity contribution in [2.75, 3.05) is 7.05 Å². The van der Waals surface area contributed by atoms with Crippen molar-refractivity contribution in [3.8, 4) is 0 Å². The van der Waals surface area contributed by atoms with Gasteiger partial charge in [0.1, 0.15) is 0 Å². The lowest BCUT2D eigenvalue weighted by atomic mass is 9.83. The highest BCUT2D eigenvalue weighted by Crippen LogP contribution is 2.31. The Kier molecular flexibility index (Phi) is 5.84. The van der Waals surface area contributed by atoms with Gasteiger partial charge in [0.25, 0.3) is 0 Å². The molecule has 1 nitrogen and oxygen atoms in total. The third kappa shape index (κ3) is 4.62. The van der Waals surface area contributed by atoms with Crippen LogP contribution in [0.15, 0.2) is 0 Å². The molecule has 0 aromatic carbocycles. The fraction of sp³-hybridized carbons (Fsp3) is 1.00. The second-order valence-corrected chi connectivity index (χ2v) is 6.45. The van der Waals surface area contributed by atoms with E-state index in [1.165, 1.54) is 77.0 Å². The number of nitrogens with one attached hydrogen (secondary N) is 1. The van der Waals surface area contributed by atoms with E-state index in [9.17, 15) is 0 Å². The van der Waals surface area contributed by atoms with Gasteiger partial charge in [-0.1, -0.05) is 57.8 Å². The number of hydrogen-bond donors (Lipinski definition) is 1. The Labute approximate surface area is 108 Å². The van der Waals surface area contributed by atoms with Crippen molar-refractivity contribution in [2.24, 2.45) is 11.8 Å². The Morgan fingerprint density at radius 3 is 2.12 bits per heavy atom. The lowest BCUT2D eigenvalue weighted by Crippen LogP contribution is -2.29. The van der Waals surface area contributed by atoms with Crippen LogP contribution in [0.25, 0.3) is 0 Å². The summed E-state index contributed by atoms with van der Waals surface area (Å²) in [6, 6.07) is 0.804. The summed E-state index contributed by atoms with van der Waals surface area (Å²) in [6.07, 6.45) is 17.9. The maximum atomic E-state index is 3.57. The van der Waals surface area contributed by atoms with Gasteiger partial charge >= 0.3 is 0 Å².